The largest absolute Gasteiger partial charge is 0.355 e. The molecule has 1 N–H and O–H groups in total. The Morgan fingerprint density at radius 2 is 0.931 bits per heavy atom. The second-order valence-electron chi connectivity index (χ2n) is 10.00. The fourth-order valence-electron chi connectivity index (χ4n) is 6.44. The van der Waals surface area contributed by atoms with Gasteiger partial charge in [0.2, 0.25) is 0 Å². The molecule has 156 valence electrons. The zero-order valence-corrected chi connectivity index (χ0v) is 19.9. The third-order valence-electron chi connectivity index (χ3n) is 8.35. The van der Waals surface area contributed by atoms with Gasteiger partial charge in [-0.15, -0.1) is 0 Å². The van der Waals surface area contributed by atoms with E-state index in [4.69, 9.17) is 0 Å². The van der Waals surface area contributed by atoms with E-state index in [1.165, 1.54) is 83.3 Å². The number of hydrogen-bond donors (Lipinski definition) is 1. The van der Waals surface area contributed by atoms with Crippen LogP contribution in [-0.4, -0.2) is 0 Å². The van der Waals surface area contributed by atoms with E-state index in [1.807, 2.05) is 0 Å². The topological polar surface area (TPSA) is 12.0 Å². The van der Waals surface area contributed by atoms with Gasteiger partial charge >= 0.3 is 0 Å². The van der Waals surface area contributed by atoms with Crippen LogP contribution in [0, 0.1) is 41.5 Å². The third kappa shape index (κ3) is 3.13. The molecular formula is C28H39N. The van der Waals surface area contributed by atoms with Gasteiger partial charge in [0.25, 0.3) is 0 Å². The summed E-state index contributed by atoms with van der Waals surface area (Å²) < 4.78 is 0. The van der Waals surface area contributed by atoms with Crippen molar-refractivity contribution in [2.75, 3.05) is 5.32 Å². The smallest absolute Gasteiger partial charge is 0.0449 e. The summed E-state index contributed by atoms with van der Waals surface area (Å²) in [6.07, 6.45) is 7.79. The molecule has 0 amide bonds. The van der Waals surface area contributed by atoms with Gasteiger partial charge in [0, 0.05) is 11.4 Å². The summed E-state index contributed by atoms with van der Waals surface area (Å²) >= 11 is 0. The van der Waals surface area contributed by atoms with Gasteiger partial charge in [0.05, 0.1) is 0 Å². The molecule has 2 aliphatic rings. The number of nitrogens with one attached hydrogen (secondary N) is 1. The summed E-state index contributed by atoms with van der Waals surface area (Å²) in [4.78, 5) is 0. The van der Waals surface area contributed by atoms with Crippen LogP contribution in [0.25, 0.3) is 0 Å². The first-order valence-electron chi connectivity index (χ1n) is 11.8. The lowest BCUT2D eigenvalue weighted by molar-refractivity contribution is 0.584. The maximum Gasteiger partial charge on any atom is 0.0449 e. The van der Waals surface area contributed by atoms with E-state index in [0.29, 0.717) is 11.8 Å². The van der Waals surface area contributed by atoms with Crippen LogP contribution in [0.15, 0.2) is 0 Å². The summed E-state index contributed by atoms with van der Waals surface area (Å²) in [5.41, 5.74) is 18.1. The number of anilines is 2. The molecule has 0 saturated carbocycles. The Labute approximate surface area is 178 Å². The van der Waals surface area contributed by atoms with Crippen LogP contribution in [0.2, 0.25) is 0 Å². The molecule has 0 spiro atoms. The summed E-state index contributed by atoms with van der Waals surface area (Å²) in [7, 11) is 0. The van der Waals surface area contributed by atoms with Crippen LogP contribution in [-0.2, 0) is 12.8 Å². The van der Waals surface area contributed by atoms with Crippen molar-refractivity contribution in [1.82, 2.24) is 0 Å². The molecule has 0 aromatic heterocycles. The lowest BCUT2D eigenvalue weighted by Crippen LogP contribution is -2.16. The van der Waals surface area contributed by atoms with Crippen molar-refractivity contribution in [1.29, 1.82) is 0 Å². The van der Waals surface area contributed by atoms with E-state index < -0.39 is 0 Å². The molecule has 0 heterocycles. The first-order chi connectivity index (χ1) is 13.7. The maximum absolute atomic E-state index is 3.99. The highest BCUT2D eigenvalue weighted by atomic mass is 14.9. The molecule has 1 heteroatoms. The lowest BCUT2D eigenvalue weighted by atomic mass is 9.76. The molecule has 2 aromatic rings. The fraction of sp³-hybridized carbons (Fsp3) is 0.571. The number of rotatable bonds is 2. The quantitative estimate of drug-likeness (QED) is 0.546. The monoisotopic (exact) mass is 389 g/mol. The molecule has 1 nitrogen and oxygen atoms in total. The van der Waals surface area contributed by atoms with Crippen LogP contribution >= 0.6 is 0 Å². The van der Waals surface area contributed by atoms with Crippen LogP contribution < -0.4 is 5.32 Å². The first-order valence-corrected chi connectivity index (χ1v) is 11.8. The molecule has 0 bridgehead atoms. The Hall–Kier alpha value is -1.76. The van der Waals surface area contributed by atoms with E-state index in [1.54, 1.807) is 22.3 Å². The average molecular weight is 390 g/mol. The van der Waals surface area contributed by atoms with E-state index >= 15 is 0 Å². The van der Waals surface area contributed by atoms with Gasteiger partial charge in [0.1, 0.15) is 0 Å². The zero-order chi connectivity index (χ0) is 21.0. The van der Waals surface area contributed by atoms with Gasteiger partial charge in [-0.1, -0.05) is 13.8 Å². The first kappa shape index (κ1) is 20.5. The Morgan fingerprint density at radius 3 is 1.31 bits per heavy atom. The minimum Gasteiger partial charge on any atom is -0.355 e. The van der Waals surface area contributed by atoms with Gasteiger partial charge in [-0.25, -0.2) is 0 Å². The van der Waals surface area contributed by atoms with Gasteiger partial charge in [-0.3, -0.25) is 0 Å². The Balaban J connectivity index is 1.88. The Morgan fingerprint density at radius 1 is 0.552 bits per heavy atom. The van der Waals surface area contributed by atoms with E-state index in [-0.39, 0.29) is 0 Å². The third-order valence-corrected chi connectivity index (χ3v) is 8.35. The molecule has 2 aliphatic carbocycles. The zero-order valence-electron chi connectivity index (χ0n) is 19.9. The van der Waals surface area contributed by atoms with Crippen molar-refractivity contribution in [2.45, 2.75) is 106 Å². The molecule has 0 aliphatic heterocycles. The van der Waals surface area contributed by atoms with Gasteiger partial charge in [0.15, 0.2) is 0 Å². The normalized spacial score (nSPS) is 21.0. The highest BCUT2D eigenvalue weighted by molar-refractivity contribution is 5.77. The van der Waals surface area contributed by atoms with E-state index in [9.17, 15) is 0 Å². The van der Waals surface area contributed by atoms with Crippen molar-refractivity contribution < 1.29 is 0 Å². The summed E-state index contributed by atoms with van der Waals surface area (Å²) in [6.45, 7) is 18.9. The molecule has 4 rings (SSSR count). The second-order valence-corrected chi connectivity index (χ2v) is 10.00. The Kier molecular flexibility index (Phi) is 5.30. The van der Waals surface area contributed by atoms with Crippen molar-refractivity contribution in [3.05, 3.63) is 55.6 Å². The fourth-order valence-corrected chi connectivity index (χ4v) is 6.44. The van der Waals surface area contributed by atoms with Crippen molar-refractivity contribution in [2.24, 2.45) is 0 Å². The van der Waals surface area contributed by atoms with E-state index in [0.717, 1.165) is 0 Å². The molecule has 0 saturated heterocycles. The van der Waals surface area contributed by atoms with Gasteiger partial charge in [-0.05, 0) is 148 Å². The van der Waals surface area contributed by atoms with E-state index in [2.05, 4.69) is 60.7 Å². The summed E-state index contributed by atoms with van der Waals surface area (Å²) in [5, 5.41) is 3.99. The summed E-state index contributed by atoms with van der Waals surface area (Å²) in [5.74, 6) is 1.39. The minimum atomic E-state index is 0.696. The van der Waals surface area contributed by atoms with Gasteiger partial charge < -0.3 is 5.32 Å². The van der Waals surface area contributed by atoms with Crippen LogP contribution in [0.5, 0.6) is 0 Å². The SMILES string of the molecule is Cc1c(C)c2c(c(C)c1Nc1c(C)c(C)c3c(c1C)CCCC3C)CCCC2C. The predicted octanol–water partition coefficient (Wildman–Crippen LogP) is 8.16. The molecule has 2 aromatic carbocycles. The Bertz CT molecular complexity index is 900. The molecule has 2 unspecified atom stereocenters. The minimum absolute atomic E-state index is 0.696. The number of benzene rings is 2. The standard InChI is InChI=1S/C28H39N/c1-15-11-9-13-23-21(7)27(19(5)17(3)25(15)23)29-28-20(6)18(4)26-16(2)12-10-14-24(26)22(28)8/h15-16,29H,9-14H2,1-8H3. The predicted molar refractivity (Wildman–Crippen MR) is 127 cm³/mol. The lowest BCUT2D eigenvalue weighted by Gasteiger charge is -2.32. The van der Waals surface area contributed by atoms with Crippen molar-refractivity contribution in [3.8, 4) is 0 Å². The average Bonchev–Trinajstić information content (AvgIpc) is 2.69. The van der Waals surface area contributed by atoms with Crippen LogP contribution in [0.4, 0.5) is 11.4 Å². The molecule has 2 atom stereocenters. The molecule has 0 fully saturated rings. The van der Waals surface area contributed by atoms with Crippen molar-refractivity contribution in [3.63, 3.8) is 0 Å². The van der Waals surface area contributed by atoms with Crippen LogP contribution in [0.3, 0.4) is 0 Å². The van der Waals surface area contributed by atoms with Crippen LogP contribution in [0.1, 0.15) is 107 Å². The number of hydrogen-bond acceptors (Lipinski definition) is 1. The molecule has 29 heavy (non-hydrogen) atoms. The highest BCUT2D eigenvalue weighted by Gasteiger charge is 2.27. The highest BCUT2D eigenvalue weighted by Crippen LogP contribution is 2.45. The molecular weight excluding hydrogens is 350 g/mol. The second kappa shape index (κ2) is 7.49. The summed E-state index contributed by atoms with van der Waals surface area (Å²) in [6, 6.07) is 0. The molecule has 0 radical (unpaired) electrons. The van der Waals surface area contributed by atoms with Crippen molar-refractivity contribution >= 4 is 11.4 Å². The number of fused-ring (bicyclic) bond motifs is 2. The van der Waals surface area contributed by atoms with Gasteiger partial charge in [-0.2, -0.15) is 0 Å². The maximum atomic E-state index is 3.99.